The maximum absolute atomic E-state index is 11.8. The van der Waals surface area contributed by atoms with Gasteiger partial charge in [-0.05, 0) is 29.7 Å². The molecule has 0 aliphatic carbocycles. The van der Waals surface area contributed by atoms with Crippen LogP contribution in [0.15, 0.2) is 48.5 Å². The average molecular weight is 308 g/mol. The van der Waals surface area contributed by atoms with Gasteiger partial charge in [0.25, 0.3) is 0 Å². The second kappa shape index (κ2) is 7.32. The summed E-state index contributed by atoms with van der Waals surface area (Å²) in [6.45, 7) is 0.629. The molecule has 1 amide bonds. The van der Waals surface area contributed by atoms with Gasteiger partial charge in [0.05, 0.1) is 16.5 Å². The largest absolute Gasteiger partial charge is 0.355 e. The molecule has 0 saturated heterocycles. The predicted molar refractivity (Wildman–Crippen MR) is 83.3 cm³/mol. The Morgan fingerprint density at radius 3 is 2.40 bits per heavy atom. The molecule has 20 heavy (non-hydrogen) atoms. The van der Waals surface area contributed by atoms with Crippen LogP contribution in [-0.4, -0.2) is 12.5 Å². The van der Waals surface area contributed by atoms with Crippen molar-refractivity contribution >= 4 is 29.1 Å². The van der Waals surface area contributed by atoms with Gasteiger partial charge in [-0.25, -0.2) is 0 Å². The number of amides is 1. The molecule has 0 heterocycles. The average Bonchev–Trinajstić information content (AvgIpc) is 2.44. The van der Waals surface area contributed by atoms with Crippen molar-refractivity contribution in [1.82, 2.24) is 5.32 Å². The van der Waals surface area contributed by atoms with Crippen LogP contribution in [-0.2, 0) is 17.6 Å². The molecular weight excluding hydrogens is 293 g/mol. The molecule has 0 bridgehead atoms. The van der Waals surface area contributed by atoms with E-state index in [-0.39, 0.29) is 5.91 Å². The van der Waals surface area contributed by atoms with Gasteiger partial charge in [0.2, 0.25) is 5.91 Å². The molecule has 1 N–H and O–H groups in total. The molecule has 2 nitrogen and oxygen atoms in total. The normalized spacial score (nSPS) is 10.3. The van der Waals surface area contributed by atoms with Crippen LogP contribution in [0.1, 0.15) is 11.1 Å². The summed E-state index contributed by atoms with van der Waals surface area (Å²) in [6, 6.07) is 15.3. The molecule has 0 aliphatic heterocycles. The van der Waals surface area contributed by atoms with Crippen LogP contribution in [0.3, 0.4) is 0 Å². The third-order valence-electron chi connectivity index (χ3n) is 2.93. The highest BCUT2D eigenvalue weighted by molar-refractivity contribution is 6.42. The Morgan fingerprint density at radius 1 is 0.950 bits per heavy atom. The van der Waals surface area contributed by atoms with Gasteiger partial charge in [0.1, 0.15) is 0 Å². The molecule has 2 aromatic carbocycles. The third-order valence-corrected chi connectivity index (χ3v) is 3.67. The zero-order valence-corrected chi connectivity index (χ0v) is 12.4. The van der Waals surface area contributed by atoms with Crippen LogP contribution in [0.25, 0.3) is 0 Å². The number of carbonyl (C=O) groups is 1. The Morgan fingerprint density at radius 2 is 1.70 bits per heavy atom. The Labute approximate surface area is 128 Å². The molecule has 4 heteroatoms. The molecule has 0 aromatic heterocycles. The lowest BCUT2D eigenvalue weighted by molar-refractivity contribution is -0.120. The minimum atomic E-state index is -0.0145. The van der Waals surface area contributed by atoms with E-state index < -0.39 is 0 Å². The smallest absolute Gasteiger partial charge is 0.224 e. The SMILES string of the molecule is O=C(Cc1ccc(Cl)c(Cl)c1)NCCc1ccccc1. The number of hydrogen-bond acceptors (Lipinski definition) is 1. The Kier molecular flexibility index (Phi) is 5.45. The monoisotopic (exact) mass is 307 g/mol. The van der Waals surface area contributed by atoms with Crippen molar-refractivity contribution in [3.05, 3.63) is 69.7 Å². The first-order valence-corrected chi connectivity index (χ1v) is 7.15. The van der Waals surface area contributed by atoms with E-state index in [1.165, 1.54) is 5.56 Å². The van der Waals surface area contributed by atoms with Crippen molar-refractivity contribution in [3.8, 4) is 0 Å². The maximum Gasteiger partial charge on any atom is 0.224 e. The van der Waals surface area contributed by atoms with Crippen LogP contribution in [0.2, 0.25) is 10.0 Å². The summed E-state index contributed by atoms with van der Waals surface area (Å²) in [7, 11) is 0. The van der Waals surface area contributed by atoms with E-state index in [4.69, 9.17) is 23.2 Å². The van der Waals surface area contributed by atoms with Crippen LogP contribution < -0.4 is 5.32 Å². The lowest BCUT2D eigenvalue weighted by atomic mass is 10.1. The lowest BCUT2D eigenvalue weighted by Crippen LogP contribution is -2.27. The number of halogens is 2. The summed E-state index contributed by atoms with van der Waals surface area (Å²) >= 11 is 11.8. The summed E-state index contributed by atoms with van der Waals surface area (Å²) in [5, 5.41) is 3.87. The number of benzene rings is 2. The minimum Gasteiger partial charge on any atom is -0.355 e. The summed E-state index contributed by atoms with van der Waals surface area (Å²) in [5.41, 5.74) is 2.07. The van der Waals surface area contributed by atoms with Crippen LogP contribution >= 0.6 is 23.2 Å². The topological polar surface area (TPSA) is 29.1 Å². The molecule has 0 atom stereocenters. The lowest BCUT2D eigenvalue weighted by Gasteiger charge is -2.06. The summed E-state index contributed by atoms with van der Waals surface area (Å²) in [6.07, 6.45) is 1.14. The molecular formula is C16H15Cl2NO. The summed E-state index contributed by atoms with van der Waals surface area (Å²) in [5.74, 6) is -0.0145. The van der Waals surface area contributed by atoms with Crippen molar-refractivity contribution in [1.29, 1.82) is 0 Å². The second-order valence-corrected chi connectivity index (χ2v) is 5.33. The zero-order chi connectivity index (χ0) is 14.4. The Balaban J connectivity index is 1.79. The summed E-state index contributed by atoms with van der Waals surface area (Å²) in [4.78, 5) is 11.8. The second-order valence-electron chi connectivity index (χ2n) is 4.51. The first-order valence-electron chi connectivity index (χ1n) is 6.40. The minimum absolute atomic E-state index is 0.0145. The standard InChI is InChI=1S/C16H15Cl2NO/c17-14-7-6-13(10-15(14)18)11-16(20)19-9-8-12-4-2-1-3-5-12/h1-7,10H,8-9,11H2,(H,19,20). The fourth-order valence-corrected chi connectivity index (χ4v) is 2.21. The quantitative estimate of drug-likeness (QED) is 0.892. The van der Waals surface area contributed by atoms with Crippen molar-refractivity contribution in [2.24, 2.45) is 0 Å². The van der Waals surface area contributed by atoms with E-state index in [1.807, 2.05) is 36.4 Å². The molecule has 0 fully saturated rings. The highest BCUT2D eigenvalue weighted by Gasteiger charge is 2.05. The van der Waals surface area contributed by atoms with E-state index in [0.717, 1.165) is 12.0 Å². The number of hydrogen-bond donors (Lipinski definition) is 1. The van der Waals surface area contributed by atoms with Crippen molar-refractivity contribution in [3.63, 3.8) is 0 Å². The van der Waals surface area contributed by atoms with E-state index in [9.17, 15) is 4.79 Å². The van der Waals surface area contributed by atoms with Gasteiger partial charge in [-0.1, -0.05) is 59.6 Å². The van der Waals surface area contributed by atoms with Crippen molar-refractivity contribution in [2.75, 3.05) is 6.54 Å². The van der Waals surface area contributed by atoms with Gasteiger partial charge < -0.3 is 5.32 Å². The van der Waals surface area contributed by atoms with Gasteiger partial charge in [0, 0.05) is 6.54 Å². The van der Waals surface area contributed by atoms with Crippen molar-refractivity contribution < 1.29 is 4.79 Å². The Hall–Kier alpha value is -1.51. The highest BCUT2D eigenvalue weighted by Crippen LogP contribution is 2.22. The molecule has 2 aromatic rings. The molecule has 0 spiro atoms. The third kappa shape index (κ3) is 4.55. The molecule has 2 rings (SSSR count). The van der Waals surface area contributed by atoms with Crippen LogP contribution in [0.5, 0.6) is 0 Å². The molecule has 0 aliphatic rings. The van der Waals surface area contributed by atoms with E-state index in [2.05, 4.69) is 5.32 Å². The fourth-order valence-electron chi connectivity index (χ4n) is 1.89. The van der Waals surface area contributed by atoms with Gasteiger partial charge in [-0.3, -0.25) is 4.79 Å². The number of nitrogens with one attached hydrogen (secondary N) is 1. The summed E-state index contributed by atoms with van der Waals surface area (Å²) < 4.78 is 0. The van der Waals surface area contributed by atoms with Gasteiger partial charge in [0.15, 0.2) is 0 Å². The Bertz CT molecular complexity index is 584. The highest BCUT2D eigenvalue weighted by atomic mass is 35.5. The van der Waals surface area contributed by atoms with E-state index in [0.29, 0.717) is 23.0 Å². The first kappa shape index (κ1) is 14.9. The van der Waals surface area contributed by atoms with E-state index in [1.54, 1.807) is 12.1 Å². The number of carbonyl (C=O) groups excluding carboxylic acids is 1. The first-order chi connectivity index (χ1) is 9.65. The van der Waals surface area contributed by atoms with Crippen molar-refractivity contribution in [2.45, 2.75) is 12.8 Å². The van der Waals surface area contributed by atoms with Gasteiger partial charge >= 0.3 is 0 Å². The number of rotatable bonds is 5. The van der Waals surface area contributed by atoms with Gasteiger partial charge in [-0.2, -0.15) is 0 Å². The van der Waals surface area contributed by atoms with Crippen LogP contribution in [0, 0.1) is 0 Å². The molecule has 0 unspecified atom stereocenters. The maximum atomic E-state index is 11.8. The van der Waals surface area contributed by atoms with Crippen LogP contribution in [0.4, 0.5) is 0 Å². The molecule has 104 valence electrons. The van der Waals surface area contributed by atoms with Gasteiger partial charge in [-0.15, -0.1) is 0 Å². The predicted octanol–water partition coefficient (Wildman–Crippen LogP) is 3.89. The van der Waals surface area contributed by atoms with E-state index >= 15 is 0 Å². The fraction of sp³-hybridized carbons (Fsp3) is 0.188. The zero-order valence-electron chi connectivity index (χ0n) is 10.9. The molecule has 0 saturated carbocycles. The molecule has 0 radical (unpaired) electrons.